The number of nitrogens with zero attached hydrogens (tertiary/aromatic N) is 2. The summed E-state index contributed by atoms with van der Waals surface area (Å²) in [6.07, 6.45) is 9.08. The fourth-order valence-corrected chi connectivity index (χ4v) is 3.80. The van der Waals surface area contributed by atoms with Gasteiger partial charge in [-0.05, 0) is 19.3 Å². The van der Waals surface area contributed by atoms with E-state index in [4.69, 9.17) is 5.73 Å². The number of aromatic nitrogens is 1. The van der Waals surface area contributed by atoms with E-state index in [1.807, 2.05) is 20.2 Å². The van der Waals surface area contributed by atoms with Gasteiger partial charge in [-0.2, -0.15) is 0 Å². The van der Waals surface area contributed by atoms with Crippen molar-refractivity contribution in [2.24, 2.45) is 11.7 Å². The maximum Gasteiger partial charge on any atom is 0.239 e. The monoisotopic (exact) mass is 331 g/mol. The Kier molecular flexibility index (Phi) is 7.63. The molecule has 1 fully saturated rings. The Balaban J connectivity index is 0.00000220. The third-order valence-corrected chi connectivity index (χ3v) is 4.97. The Morgan fingerprint density at radius 2 is 2.14 bits per heavy atom. The van der Waals surface area contributed by atoms with E-state index in [1.54, 1.807) is 16.2 Å². The van der Waals surface area contributed by atoms with Crippen LogP contribution in [0, 0.1) is 12.8 Å². The van der Waals surface area contributed by atoms with Gasteiger partial charge in [0.05, 0.1) is 17.6 Å². The minimum absolute atomic E-state index is 0. The summed E-state index contributed by atoms with van der Waals surface area (Å²) in [6.45, 7) is 2.59. The third kappa shape index (κ3) is 5.57. The van der Waals surface area contributed by atoms with E-state index in [0.29, 0.717) is 12.5 Å². The van der Waals surface area contributed by atoms with Crippen LogP contribution in [0.2, 0.25) is 0 Å². The van der Waals surface area contributed by atoms with E-state index in [9.17, 15) is 4.79 Å². The lowest BCUT2D eigenvalue weighted by atomic mass is 9.85. The van der Waals surface area contributed by atoms with Gasteiger partial charge in [0.2, 0.25) is 5.91 Å². The number of nitrogens with two attached hydrogens (primary N) is 1. The molecular formula is C15H26ClN3OS. The van der Waals surface area contributed by atoms with Crippen molar-refractivity contribution in [1.29, 1.82) is 0 Å². The lowest BCUT2D eigenvalue weighted by Gasteiger charge is -2.26. The topological polar surface area (TPSA) is 59.2 Å². The van der Waals surface area contributed by atoms with Crippen LogP contribution in [0.4, 0.5) is 0 Å². The summed E-state index contributed by atoms with van der Waals surface area (Å²) in [7, 11) is 1.83. The SMILES string of the molecule is Cc1ncc(CN(C)C(=O)C(N)CC2CCCCC2)s1.Cl. The molecule has 4 nitrogen and oxygen atoms in total. The third-order valence-electron chi connectivity index (χ3n) is 4.07. The number of carbonyl (C=O) groups is 1. The van der Waals surface area contributed by atoms with Gasteiger partial charge in [0.25, 0.3) is 0 Å². The molecule has 0 aliphatic heterocycles. The molecule has 1 saturated carbocycles. The number of aryl methyl sites for hydroxylation is 1. The molecule has 2 rings (SSSR count). The zero-order valence-electron chi connectivity index (χ0n) is 12.9. The van der Waals surface area contributed by atoms with Crippen molar-refractivity contribution in [3.63, 3.8) is 0 Å². The molecule has 6 heteroatoms. The molecule has 1 aliphatic carbocycles. The average Bonchev–Trinajstić information content (AvgIpc) is 2.84. The van der Waals surface area contributed by atoms with Crippen LogP contribution in [-0.2, 0) is 11.3 Å². The molecule has 21 heavy (non-hydrogen) atoms. The molecule has 1 heterocycles. The van der Waals surface area contributed by atoms with Gasteiger partial charge in [0.15, 0.2) is 0 Å². The molecule has 0 bridgehead atoms. The fourth-order valence-electron chi connectivity index (χ4n) is 2.96. The fraction of sp³-hybridized carbons (Fsp3) is 0.733. The predicted octanol–water partition coefficient (Wildman–Crippen LogP) is 3.13. The molecule has 0 aromatic carbocycles. The van der Waals surface area contributed by atoms with Gasteiger partial charge < -0.3 is 10.6 Å². The van der Waals surface area contributed by atoms with Crippen LogP contribution in [0.15, 0.2) is 6.20 Å². The highest BCUT2D eigenvalue weighted by molar-refractivity contribution is 7.11. The van der Waals surface area contributed by atoms with Gasteiger partial charge in [0, 0.05) is 18.1 Å². The second-order valence-electron chi connectivity index (χ2n) is 5.89. The molecule has 1 aromatic rings. The molecule has 0 radical (unpaired) electrons. The van der Waals surface area contributed by atoms with E-state index >= 15 is 0 Å². The molecule has 1 aromatic heterocycles. The first-order valence-electron chi connectivity index (χ1n) is 7.48. The number of likely N-dealkylation sites (N-methyl/N-ethyl adjacent to an activating group) is 1. The molecular weight excluding hydrogens is 306 g/mol. The first-order chi connectivity index (χ1) is 9.56. The number of carbonyl (C=O) groups excluding carboxylic acids is 1. The van der Waals surface area contributed by atoms with Crippen molar-refractivity contribution in [3.8, 4) is 0 Å². The van der Waals surface area contributed by atoms with Crippen LogP contribution in [0.1, 0.15) is 48.4 Å². The minimum atomic E-state index is -0.350. The van der Waals surface area contributed by atoms with E-state index in [2.05, 4.69) is 4.98 Å². The number of thiazole rings is 1. The van der Waals surface area contributed by atoms with Crippen molar-refractivity contribution in [2.45, 2.75) is 58.0 Å². The summed E-state index contributed by atoms with van der Waals surface area (Å²) in [6, 6.07) is -0.350. The lowest BCUT2D eigenvalue weighted by Crippen LogP contribution is -2.42. The lowest BCUT2D eigenvalue weighted by molar-refractivity contribution is -0.132. The van der Waals surface area contributed by atoms with Crippen LogP contribution in [0.3, 0.4) is 0 Å². The van der Waals surface area contributed by atoms with E-state index < -0.39 is 0 Å². The summed E-state index contributed by atoms with van der Waals surface area (Å²) in [5.74, 6) is 0.698. The maximum atomic E-state index is 12.3. The molecule has 0 saturated heterocycles. The molecule has 1 atom stereocenters. The quantitative estimate of drug-likeness (QED) is 0.901. The van der Waals surface area contributed by atoms with Crippen LogP contribution in [0.25, 0.3) is 0 Å². The summed E-state index contributed by atoms with van der Waals surface area (Å²) in [5, 5.41) is 1.03. The molecule has 120 valence electrons. The Hall–Kier alpha value is -0.650. The summed E-state index contributed by atoms with van der Waals surface area (Å²) < 4.78 is 0. The van der Waals surface area contributed by atoms with Gasteiger partial charge >= 0.3 is 0 Å². The minimum Gasteiger partial charge on any atom is -0.339 e. The molecule has 2 N–H and O–H groups in total. The van der Waals surface area contributed by atoms with Gasteiger partial charge in [0.1, 0.15) is 0 Å². The van der Waals surface area contributed by atoms with Crippen molar-refractivity contribution >= 4 is 29.7 Å². The van der Waals surface area contributed by atoms with Crippen LogP contribution >= 0.6 is 23.7 Å². The second kappa shape index (κ2) is 8.71. The summed E-state index contributed by atoms with van der Waals surface area (Å²) in [4.78, 5) is 19.4. The van der Waals surface area contributed by atoms with Crippen molar-refractivity contribution in [3.05, 3.63) is 16.1 Å². The summed E-state index contributed by atoms with van der Waals surface area (Å²) >= 11 is 1.64. The predicted molar refractivity (Wildman–Crippen MR) is 89.7 cm³/mol. The second-order valence-corrected chi connectivity index (χ2v) is 7.21. The van der Waals surface area contributed by atoms with E-state index in [-0.39, 0.29) is 24.4 Å². The highest BCUT2D eigenvalue weighted by atomic mass is 35.5. The highest BCUT2D eigenvalue weighted by Crippen LogP contribution is 2.27. The highest BCUT2D eigenvalue weighted by Gasteiger charge is 2.23. The Bertz CT molecular complexity index is 446. The Morgan fingerprint density at radius 1 is 1.48 bits per heavy atom. The van der Waals surface area contributed by atoms with Gasteiger partial charge in [-0.25, -0.2) is 4.98 Å². The number of hydrogen-bond donors (Lipinski definition) is 1. The largest absolute Gasteiger partial charge is 0.339 e. The molecule has 1 amide bonds. The maximum absolute atomic E-state index is 12.3. The van der Waals surface area contributed by atoms with Crippen molar-refractivity contribution < 1.29 is 4.79 Å². The first-order valence-corrected chi connectivity index (χ1v) is 8.29. The van der Waals surface area contributed by atoms with E-state index in [0.717, 1.165) is 16.3 Å². The number of halogens is 1. The normalized spacial score (nSPS) is 17.1. The molecule has 1 unspecified atom stereocenters. The molecule has 0 spiro atoms. The Morgan fingerprint density at radius 3 is 2.71 bits per heavy atom. The van der Waals surface area contributed by atoms with Gasteiger partial charge in [-0.3, -0.25) is 4.79 Å². The van der Waals surface area contributed by atoms with Gasteiger partial charge in [-0.15, -0.1) is 23.7 Å². The average molecular weight is 332 g/mol. The standard InChI is InChI=1S/C15H25N3OS.ClH/c1-11-17-9-13(20-11)10-18(2)15(19)14(16)8-12-6-4-3-5-7-12;/h9,12,14H,3-8,10,16H2,1-2H3;1H. The van der Waals surface area contributed by atoms with E-state index in [1.165, 1.54) is 32.1 Å². The number of amides is 1. The smallest absolute Gasteiger partial charge is 0.239 e. The van der Waals surface area contributed by atoms with Crippen LogP contribution < -0.4 is 5.73 Å². The summed E-state index contributed by atoms with van der Waals surface area (Å²) in [5.41, 5.74) is 6.10. The van der Waals surface area contributed by atoms with Crippen molar-refractivity contribution in [1.82, 2.24) is 9.88 Å². The molecule has 1 aliphatic rings. The zero-order valence-corrected chi connectivity index (χ0v) is 14.5. The number of rotatable bonds is 5. The van der Waals surface area contributed by atoms with Crippen molar-refractivity contribution in [2.75, 3.05) is 7.05 Å². The number of hydrogen-bond acceptors (Lipinski definition) is 4. The van der Waals surface area contributed by atoms with Gasteiger partial charge in [-0.1, -0.05) is 32.1 Å². The first kappa shape index (κ1) is 18.4. The van der Waals surface area contributed by atoms with Crippen LogP contribution in [0.5, 0.6) is 0 Å². The van der Waals surface area contributed by atoms with Crippen LogP contribution in [-0.4, -0.2) is 28.9 Å². The zero-order chi connectivity index (χ0) is 14.5. The Labute approximate surface area is 137 Å².